The van der Waals surface area contributed by atoms with Crippen molar-refractivity contribution in [2.75, 3.05) is 18.9 Å². The topological polar surface area (TPSA) is 32.3 Å². The summed E-state index contributed by atoms with van der Waals surface area (Å²) in [5.41, 5.74) is 0.0297. The molecular formula is C13H16F2N2O. The van der Waals surface area contributed by atoms with Gasteiger partial charge in [-0.1, -0.05) is 0 Å². The van der Waals surface area contributed by atoms with Gasteiger partial charge in [-0.3, -0.25) is 4.79 Å². The van der Waals surface area contributed by atoms with E-state index >= 15 is 0 Å². The first-order valence-electron chi connectivity index (χ1n) is 6.01. The van der Waals surface area contributed by atoms with Crippen molar-refractivity contribution in [3.8, 4) is 0 Å². The minimum absolute atomic E-state index is 0.0297. The molecule has 1 N–H and O–H groups in total. The first-order chi connectivity index (χ1) is 8.56. The third-order valence-electron chi connectivity index (χ3n) is 3.30. The second kappa shape index (κ2) is 5.44. The summed E-state index contributed by atoms with van der Waals surface area (Å²) in [6, 6.07) is 3.34. The number of anilines is 1. The molecule has 1 aromatic rings. The van der Waals surface area contributed by atoms with Crippen molar-refractivity contribution in [3.05, 3.63) is 29.8 Å². The normalized spacial score (nSPS) is 20.1. The van der Waals surface area contributed by atoms with Crippen LogP contribution >= 0.6 is 0 Å². The van der Waals surface area contributed by atoms with Crippen LogP contribution in [0.3, 0.4) is 0 Å². The summed E-state index contributed by atoms with van der Waals surface area (Å²) < 4.78 is 26.0. The van der Waals surface area contributed by atoms with Crippen molar-refractivity contribution in [3.63, 3.8) is 0 Å². The van der Waals surface area contributed by atoms with Gasteiger partial charge in [0.25, 0.3) is 0 Å². The van der Waals surface area contributed by atoms with E-state index in [-0.39, 0.29) is 17.6 Å². The molecule has 0 saturated carbocycles. The number of hydrogen-bond acceptors (Lipinski definition) is 2. The van der Waals surface area contributed by atoms with E-state index in [1.165, 1.54) is 6.07 Å². The Bertz CT molecular complexity index is 451. The van der Waals surface area contributed by atoms with Crippen molar-refractivity contribution in [1.29, 1.82) is 0 Å². The van der Waals surface area contributed by atoms with Crippen LogP contribution < -0.4 is 5.32 Å². The second-order valence-corrected chi connectivity index (χ2v) is 4.65. The first kappa shape index (κ1) is 13.0. The van der Waals surface area contributed by atoms with Gasteiger partial charge in [0, 0.05) is 18.5 Å². The largest absolute Gasteiger partial charge is 0.324 e. The van der Waals surface area contributed by atoms with Gasteiger partial charge in [-0.25, -0.2) is 8.78 Å². The maximum atomic E-state index is 13.3. The predicted molar refractivity (Wildman–Crippen MR) is 65.3 cm³/mol. The molecule has 0 bridgehead atoms. The van der Waals surface area contributed by atoms with E-state index in [1.807, 2.05) is 7.05 Å². The highest BCUT2D eigenvalue weighted by molar-refractivity contribution is 5.91. The Morgan fingerprint density at radius 3 is 2.89 bits per heavy atom. The Kier molecular flexibility index (Phi) is 3.91. The molecule has 0 aliphatic carbocycles. The molecule has 1 aliphatic heterocycles. The van der Waals surface area contributed by atoms with Gasteiger partial charge in [0.1, 0.15) is 11.6 Å². The van der Waals surface area contributed by atoms with Gasteiger partial charge < -0.3 is 10.2 Å². The van der Waals surface area contributed by atoms with E-state index in [1.54, 1.807) is 0 Å². The lowest BCUT2D eigenvalue weighted by atomic mass is 10.1. The first-order valence-corrected chi connectivity index (χ1v) is 6.01. The lowest BCUT2D eigenvalue weighted by molar-refractivity contribution is -0.117. The van der Waals surface area contributed by atoms with Gasteiger partial charge in [0.15, 0.2) is 0 Å². The molecule has 2 rings (SSSR count). The smallest absolute Gasteiger partial charge is 0.226 e. The highest BCUT2D eigenvalue weighted by atomic mass is 19.1. The Hall–Kier alpha value is -1.49. The van der Waals surface area contributed by atoms with Gasteiger partial charge in [-0.2, -0.15) is 0 Å². The lowest BCUT2D eigenvalue weighted by Crippen LogP contribution is -2.29. The number of hydrogen-bond donors (Lipinski definition) is 1. The molecule has 5 heteroatoms. The maximum Gasteiger partial charge on any atom is 0.226 e. The molecule has 1 saturated heterocycles. The zero-order valence-electron chi connectivity index (χ0n) is 10.2. The number of likely N-dealkylation sites (tertiary alicyclic amines) is 1. The van der Waals surface area contributed by atoms with Crippen molar-refractivity contribution < 1.29 is 13.6 Å². The number of halogens is 2. The summed E-state index contributed by atoms with van der Waals surface area (Å²) >= 11 is 0. The maximum absolute atomic E-state index is 13.3. The molecule has 0 spiro atoms. The molecular weight excluding hydrogens is 238 g/mol. The number of benzene rings is 1. The summed E-state index contributed by atoms with van der Waals surface area (Å²) in [4.78, 5) is 13.9. The molecule has 1 unspecified atom stereocenters. The molecule has 1 aromatic carbocycles. The molecule has 0 aromatic heterocycles. The fourth-order valence-electron chi connectivity index (χ4n) is 2.24. The van der Waals surface area contributed by atoms with E-state index in [2.05, 4.69) is 10.2 Å². The Balaban J connectivity index is 1.94. The average molecular weight is 254 g/mol. The second-order valence-electron chi connectivity index (χ2n) is 4.65. The minimum atomic E-state index is -0.747. The van der Waals surface area contributed by atoms with Gasteiger partial charge in [-0.15, -0.1) is 0 Å². The lowest BCUT2D eigenvalue weighted by Gasteiger charge is -2.18. The minimum Gasteiger partial charge on any atom is -0.324 e. The molecule has 1 fully saturated rings. The zero-order valence-corrected chi connectivity index (χ0v) is 10.2. The monoisotopic (exact) mass is 254 g/mol. The summed E-state index contributed by atoms with van der Waals surface area (Å²) in [5, 5.41) is 2.48. The number of amides is 1. The van der Waals surface area contributed by atoms with E-state index in [0.29, 0.717) is 6.42 Å². The molecule has 1 atom stereocenters. The molecule has 1 aliphatic rings. The number of carbonyl (C=O) groups is 1. The molecule has 1 heterocycles. The zero-order chi connectivity index (χ0) is 13.1. The average Bonchev–Trinajstić information content (AvgIpc) is 2.69. The number of nitrogens with one attached hydrogen (secondary N) is 1. The van der Waals surface area contributed by atoms with Crippen LogP contribution in [0.2, 0.25) is 0 Å². The van der Waals surface area contributed by atoms with Crippen LogP contribution in [0, 0.1) is 11.6 Å². The van der Waals surface area contributed by atoms with Crippen LogP contribution in [0.4, 0.5) is 14.5 Å². The number of rotatable bonds is 3. The molecule has 98 valence electrons. The number of nitrogens with zero attached hydrogens (tertiary/aromatic N) is 1. The van der Waals surface area contributed by atoms with Gasteiger partial charge in [-0.05, 0) is 38.6 Å². The standard InChI is InChI=1S/C13H16F2N2O/c1-17-6-2-3-10(17)8-13(18)16-12-5-4-9(14)7-11(12)15/h4-5,7,10H,2-3,6,8H2,1H3,(H,16,18). The van der Waals surface area contributed by atoms with Crippen LogP contribution in [0.25, 0.3) is 0 Å². The van der Waals surface area contributed by atoms with E-state index < -0.39 is 11.6 Å². The van der Waals surface area contributed by atoms with Crippen LogP contribution in [-0.4, -0.2) is 30.4 Å². The van der Waals surface area contributed by atoms with Gasteiger partial charge in [0.05, 0.1) is 5.69 Å². The Morgan fingerprint density at radius 2 is 2.28 bits per heavy atom. The molecule has 18 heavy (non-hydrogen) atoms. The summed E-state index contributed by atoms with van der Waals surface area (Å²) in [6.07, 6.45) is 2.41. The number of carbonyl (C=O) groups excluding carboxylic acids is 1. The molecule has 0 radical (unpaired) electrons. The summed E-state index contributed by atoms with van der Waals surface area (Å²) in [6.45, 7) is 0.989. The van der Waals surface area contributed by atoms with Crippen LogP contribution in [0.5, 0.6) is 0 Å². The quantitative estimate of drug-likeness (QED) is 0.898. The molecule has 1 amide bonds. The van der Waals surface area contributed by atoms with E-state index in [0.717, 1.165) is 31.5 Å². The predicted octanol–water partition coefficient (Wildman–Crippen LogP) is 2.39. The van der Waals surface area contributed by atoms with E-state index in [4.69, 9.17) is 0 Å². The fraction of sp³-hybridized carbons (Fsp3) is 0.462. The van der Waals surface area contributed by atoms with Gasteiger partial charge >= 0.3 is 0 Å². The van der Waals surface area contributed by atoms with E-state index in [9.17, 15) is 13.6 Å². The van der Waals surface area contributed by atoms with Crippen molar-refractivity contribution in [2.45, 2.75) is 25.3 Å². The van der Waals surface area contributed by atoms with Crippen LogP contribution in [0.1, 0.15) is 19.3 Å². The summed E-state index contributed by atoms with van der Waals surface area (Å²) in [5.74, 6) is -1.64. The Morgan fingerprint density at radius 1 is 1.50 bits per heavy atom. The Labute approximate surface area is 105 Å². The van der Waals surface area contributed by atoms with Gasteiger partial charge in [0.2, 0.25) is 5.91 Å². The summed E-state index contributed by atoms with van der Waals surface area (Å²) in [7, 11) is 1.98. The van der Waals surface area contributed by atoms with Crippen molar-refractivity contribution in [2.24, 2.45) is 0 Å². The SMILES string of the molecule is CN1CCCC1CC(=O)Nc1ccc(F)cc1F. The highest BCUT2D eigenvalue weighted by Gasteiger charge is 2.23. The molecule has 3 nitrogen and oxygen atoms in total. The van der Waals surface area contributed by atoms with Crippen molar-refractivity contribution in [1.82, 2.24) is 4.90 Å². The third kappa shape index (κ3) is 3.04. The fourth-order valence-corrected chi connectivity index (χ4v) is 2.24. The van der Waals surface area contributed by atoms with Crippen molar-refractivity contribution >= 4 is 11.6 Å². The highest BCUT2D eigenvalue weighted by Crippen LogP contribution is 2.20. The third-order valence-corrected chi connectivity index (χ3v) is 3.30. The van der Waals surface area contributed by atoms with Crippen LogP contribution in [-0.2, 0) is 4.79 Å². The van der Waals surface area contributed by atoms with Crippen LogP contribution in [0.15, 0.2) is 18.2 Å².